The van der Waals surface area contributed by atoms with E-state index in [0.717, 1.165) is 0 Å². The Kier molecular flexibility index (Phi) is 6.60. The lowest BCUT2D eigenvalue weighted by Crippen LogP contribution is -2.44. The quantitative estimate of drug-likeness (QED) is 0.640. The second-order valence-electron chi connectivity index (χ2n) is 5.39. The van der Waals surface area contributed by atoms with Gasteiger partial charge in [0.05, 0.1) is 6.10 Å². The molecule has 0 aromatic rings. The Morgan fingerprint density at radius 3 is 2.25 bits per heavy atom. The van der Waals surface area contributed by atoms with Gasteiger partial charge in [-0.2, -0.15) is 0 Å². The lowest BCUT2D eigenvalue weighted by atomic mass is 9.85. The van der Waals surface area contributed by atoms with E-state index in [1.54, 1.807) is 6.92 Å². The molecule has 2 unspecified atom stereocenters. The fourth-order valence-electron chi connectivity index (χ4n) is 1.46. The first-order valence-electron chi connectivity index (χ1n) is 5.85. The lowest BCUT2D eigenvalue weighted by Gasteiger charge is -2.31. The van der Waals surface area contributed by atoms with Gasteiger partial charge in [0.1, 0.15) is 0 Å². The second-order valence-corrected chi connectivity index (χ2v) is 5.39. The molecule has 0 aliphatic carbocycles. The molecule has 0 spiro atoms. The Labute approximate surface area is 98.1 Å². The molecule has 4 heteroatoms. The summed E-state index contributed by atoms with van der Waals surface area (Å²) in [6.07, 6.45) is 0.915. The molecular formula is C12H25NO3. The lowest BCUT2D eigenvalue weighted by molar-refractivity contribution is -0.123. The third kappa shape index (κ3) is 6.80. The first kappa shape index (κ1) is 15.4. The average Bonchev–Trinajstić information content (AvgIpc) is 2.12. The van der Waals surface area contributed by atoms with Crippen molar-refractivity contribution in [1.29, 1.82) is 0 Å². The van der Waals surface area contributed by atoms with Crippen LogP contribution in [0.1, 0.15) is 47.0 Å². The SMILES string of the molecule is CC(O)CCC(=O)NC(CCO)C(C)(C)C. The molecule has 0 aromatic carbocycles. The van der Waals surface area contributed by atoms with E-state index in [-0.39, 0.29) is 24.0 Å². The number of rotatable bonds is 6. The van der Waals surface area contributed by atoms with Crippen LogP contribution in [-0.4, -0.2) is 34.9 Å². The summed E-state index contributed by atoms with van der Waals surface area (Å²) in [6.45, 7) is 7.83. The van der Waals surface area contributed by atoms with Gasteiger partial charge >= 0.3 is 0 Å². The number of aliphatic hydroxyl groups excluding tert-OH is 2. The Morgan fingerprint density at radius 1 is 1.31 bits per heavy atom. The second kappa shape index (κ2) is 6.86. The van der Waals surface area contributed by atoms with Gasteiger partial charge in [-0.1, -0.05) is 20.8 Å². The van der Waals surface area contributed by atoms with E-state index in [4.69, 9.17) is 10.2 Å². The molecule has 0 radical (unpaired) electrons. The van der Waals surface area contributed by atoms with Crippen molar-refractivity contribution in [1.82, 2.24) is 5.32 Å². The standard InChI is InChI=1S/C12H25NO3/c1-9(15)5-6-11(16)13-10(7-8-14)12(2,3)4/h9-10,14-15H,5-8H2,1-4H3,(H,13,16). The van der Waals surface area contributed by atoms with Crippen molar-refractivity contribution in [3.63, 3.8) is 0 Å². The molecule has 0 heterocycles. The molecule has 0 aliphatic rings. The van der Waals surface area contributed by atoms with Crippen LogP contribution in [0.15, 0.2) is 0 Å². The van der Waals surface area contributed by atoms with Crippen molar-refractivity contribution in [2.45, 2.75) is 59.1 Å². The molecule has 0 rings (SSSR count). The first-order chi connectivity index (χ1) is 7.27. The maximum Gasteiger partial charge on any atom is 0.220 e. The molecule has 3 N–H and O–H groups in total. The van der Waals surface area contributed by atoms with Gasteiger partial charge < -0.3 is 15.5 Å². The summed E-state index contributed by atoms with van der Waals surface area (Å²) >= 11 is 0. The highest BCUT2D eigenvalue weighted by Crippen LogP contribution is 2.21. The van der Waals surface area contributed by atoms with Crippen LogP contribution in [0.3, 0.4) is 0 Å². The van der Waals surface area contributed by atoms with Gasteiger partial charge in [0.25, 0.3) is 0 Å². The predicted molar refractivity (Wildman–Crippen MR) is 64.0 cm³/mol. The van der Waals surface area contributed by atoms with Crippen LogP contribution in [0.5, 0.6) is 0 Å². The largest absolute Gasteiger partial charge is 0.396 e. The number of carbonyl (C=O) groups is 1. The Hall–Kier alpha value is -0.610. The van der Waals surface area contributed by atoms with E-state index in [2.05, 4.69) is 5.32 Å². The minimum absolute atomic E-state index is 0.0287. The zero-order valence-corrected chi connectivity index (χ0v) is 10.8. The summed E-state index contributed by atoms with van der Waals surface area (Å²) < 4.78 is 0. The van der Waals surface area contributed by atoms with Gasteiger partial charge in [0.2, 0.25) is 5.91 Å². The number of amides is 1. The monoisotopic (exact) mass is 231 g/mol. The van der Waals surface area contributed by atoms with E-state index >= 15 is 0 Å². The fourth-order valence-corrected chi connectivity index (χ4v) is 1.46. The van der Waals surface area contributed by atoms with Crippen molar-refractivity contribution in [3.05, 3.63) is 0 Å². The molecule has 16 heavy (non-hydrogen) atoms. The molecule has 0 saturated carbocycles. The van der Waals surface area contributed by atoms with Crippen LogP contribution >= 0.6 is 0 Å². The zero-order chi connectivity index (χ0) is 12.8. The van der Waals surface area contributed by atoms with Crippen molar-refractivity contribution >= 4 is 5.91 Å². The number of nitrogens with one attached hydrogen (secondary N) is 1. The molecule has 0 aromatic heterocycles. The van der Waals surface area contributed by atoms with E-state index in [1.165, 1.54) is 0 Å². The molecule has 1 amide bonds. The first-order valence-corrected chi connectivity index (χ1v) is 5.85. The van der Waals surface area contributed by atoms with Gasteiger partial charge in [0.15, 0.2) is 0 Å². The summed E-state index contributed by atoms with van der Waals surface area (Å²) in [5.74, 6) is -0.0609. The minimum atomic E-state index is -0.448. The van der Waals surface area contributed by atoms with E-state index in [9.17, 15) is 4.79 Å². The van der Waals surface area contributed by atoms with Crippen LogP contribution in [-0.2, 0) is 4.79 Å². The number of hydrogen-bond acceptors (Lipinski definition) is 3. The number of aliphatic hydroxyl groups is 2. The fraction of sp³-hybridized carbons (Fsp3) is 0.917. The molecule has 0 fully saturated rings. The molecule has 0 saturated heterocycles. The van der Waals surface area contributed by atoms with Crippen LogP contribution in [0, 0.1) is 5.41 Å². The van der Waals surface area contributed by atoms with E-state index in [0.29, 0.717) is 19.3 Å². The number of carbonyl (C=O) groups excluding carboxylic acids is 1. The Bertz CT molecular complexity index is 209. The summed E-state index contributed by atoms with van der Waals surface area (Å²) in [7, 11) is 0. The average molecular weight is 231 g/mol. The van der Waals surface area contributed by atoms with Crippen LogP contribution in [0.2, 0.25) is 0 Å². The van der Waals surface area contributed by atoms with Crippen molar-refractivity contribution in [2.75, 3.05) is 6.61 Å². The van der Waals surface area contributed by atoms with Crippen molar-refractivity contribution < 1.29 is 15.0 Å². The Morgan fingerprint density at radius 2 is 1.88 bits per heavy atom. The molecule has 4 nitrogen and oxygen atoms in total. The Balaban J connectivity index is 4.14. The van der Waals surface area contributed by atoms with Gasteiger partial charge in [-0.3, -0.25) is 4.79 Å². The maximum absolute atomic E-state index is 11.6. The highest BCUT2D eigenvalue weighted by atomic mass is 16.3. The van der Waals surface area contributed by atoms with E-state index < -0.39 is 6.10 Å². The molecule has 0 aliphatic heterocycles. The molecular weight excluding hydrogens is 206 g/mol. The summed E-state index contributed by atoms with van der Waals surface area (Å²) in [6, 6.07) is -0.0287. The van der Waals surface area contributed by atoms with Crippen LogP contribution in [0.4, 0.5) is 0 Å². The normalized spacial score (nSPS) is 15.6. The highest BCUT2D eigenvalue weighted by Gasteiger charge is 2.25. The minimum Gasteiger partial charge on any atom is -0.396 e. The maximum atomic E-state index is 11.6. The molecule has 0 bridgehead atoms. The predicted octanol–water partition coefficient (Wildman–Crippen LogP) is 1.06. The topological polar surface area (TPSA) is 69.6 Å². The zero-order valence-electron chi connectivity index (χ0n) is 10.8. The molecule has 96 valence electrons. The van der Waals surface area contributed by atoms with Crippen LogP contribution < -0.4 is 5.32 Å². The summed E-state index contributed by atoms with van der Waals surface area (Å²) in [4.78, 5) is 11.6. The summed E-state index contributed by atoms with van der Waals surface area (Å²) in [5.41, 5.74) is -0.0662. The van der Waals surface area contributed by atoms with Crippen molar-refractivity contribution in [3.8, 4) is 0 Å². The van der Waals surface area contributed by atoms with Gasteiger partial charge in [-0.05, 0) is 25.2 Å². The summed E-state index contributed by atoms with van der Waals surface area (Å²) in [5, 5.41) is 20.9. The third-order valence-electron chi connectivity index (χ3n) is 2.59. The molecule has 2 atom stereocenters. The smallest absolute Gasteiger partial charge is 0.220 e. The van der Waals surface area contributed by atoms with Gasteiger partial charge in [-0.25, -0.2) is 0 Å². The third-order valence-corrected chi connectivity index (χ3v) is 2.59. The van der Waals surface area contributed by atoms with Crippen molar-refractivity contribution in [2.24, 2.45) is 5.41 Å². The van der Waals surface area contributed by atoms with Crippen LogP contribution in [0.25, 0.3) is 0 Å². The van der Waals surface area contributed by atoms with Gasteiger partial charge in [0, 0.05) is 19.1 Å². The van der Waals surface area contributed by atoms with Gasteiger partial charge in [-0.15, -0.1) is 0 Å². The highest BCUT2D eigenvalue weighted by molar-refractivity contribution is 5.76. The van der Waals surface area contributed by atoms with E-state index in [1.807, 2.05) is 20.8 Å². The number of hydrogen-bond donors (Lipinski definition) is 3.